The molecule has 2 rings (SSSR count). The van der Waals surface area contributed by atoms with Crippen molar-refractivity contribution in [2.45, 2.75) is 66.7 Å². The summed E-state index contributed by atoms with van der Waals surface area (Å²) in [5.41, 5.74) is -0.0360. The van der Waals surface area contributed by atoms with Crippen LogP contribution in [0.3, 0.4) is 0 Å². The second-order valence-corrected chi connectivity index (χ2v) is 10.4. The predicted octanol–water partition coefficient (Wildman–Crippen LogP) is 7.39. The van der Waals surface area contributed by atoms with Crippen LogP contribution in [0.1, 0.15) is 73.7 Å². The van der Waals surface area contributed by atoms with Crippen LogP contribution in [0.25, 0.3) is 6.08 Å². The van der Waals surface area contributed by atoms with E-state index in [1.54, 1.807) is 32.1 Å². The molecule has 0 saturated heterocycles. The Hall–Kier alpha value is -3.09. The number of rotatable bonds is 8. The predicted molar refractivity (Wildman–Crippen MR) is 131 cm³/mol. The number of hydrogen-bond acceptors (Lipinski definition) is 4. The third-order valence-electron chi connectivity index (χ3n) is 5.42. The lowest BCUT2D eigenvalue weighted by atomic mass is 9.85. The Kier molecular flexibility index (Phi) is 8.25. The van der Waals surface area contributed by atoms with E-state index in [0.717, 1.165) is 30.4 Å². The smallest absolute Gasteiger partial charge is 0.419 e. The van der Waals surface area contributed by atoms with Crippen molar-refractivity contribution in [3.8, 4) is 11.5 Å². The van der Waals surface area contributed by atoms with Crippen molar-refractivity contribution in [1.29, 1.82) is 0 Å². The molecule has 2 aromatic rings. The van der Waals surface area contributed by atoms with Gasteiger partial charge < -0.3 is 9.47 Å². The Morgan fingerprint density at radius 1 is 0.943 bits per heavy atom. The van der Waals surface area contributed by atoms with Crippen molar-refractivity contribution in [3.05, 3.63) is 64.2 Å². The average molecular weight is 491 g/mol. The molecular formula is C28H33F3O4. The van der Waals surface area contributed by atoms with Gasteiger partial charge in [-0.3, -0.25) is 9.59 Å². The summed E-state index contributed by atoms with van der Waals surface area (Å²) in [7, 11) is 1.14. The number of methoxy groups -OCH3 is 1. The monoisotopic (exact) mass is 490 g/mol. The molecule has 7 heteroatoms. The zero-order chi connectivity index (χ0) is 26.8. The summed E-state index contributed by atoms with van der Waals surface area (Å²) in [4.78, 5) is 25.3. The van der Waals surface area contributed by atoms with Gasteiger partial charge in [0, 0.05) is 12.0 Å². The van der Waals surface area contributed by atoms with Gasteiger partial charge in [-0.15, -0.1) is 0 Å². The van der Waals surface area contributed by atoms with Gasteiger partial charge in [-0.2, -0.15) is 13.2 Å². The standard InChI is InChI=1S/C28H33F3O4/c1-17-13-19(14-18(2)25(17)35-27(6,7)24(33)16-26(3,4)5)9-11-22(32)20-10-12-23(34-8)21(15-20)28(29,30)31/h9-15H,16H2,1-8H3/b11-9+. The number of halogens is 3. The molecule has 0 bridgehead atoms. The molecule has 190 valence electrons. The maximum absolute atomic E-state index is 13.3. The van der Waals surface area contributed by atoms with E-state index in [0.29, 0.717) is 17.7 Å². The van der Waals surface area contributed by atoms with Crippen LogP contribution in [0.2, 0.25) is 0 Å². The second kappa shape index (κ2) is 10.3. The highest BCUT2D eigenvalue weighted by Gasteiger charge is 2.35. The normalized spacial score (nSPS) is 12.7. The Morgan fingerprint density at radius 2 is 1.51 bits per heavy atom. The molecule has 0 unspecified atom stereocenters. The van der Waals surface area contributed by atoms with Crippen molar-refractivity contribution < 1.29 is 32.2 Å². The largest absolute Gasteiger partial charge is 0.496 e. The first kappa shape index (κ1) is 28.1. The third kappa shape index (κ3) is 7.44. The number of ketones is 2. The maximum Gasteiger partial charge on any atom is 0.419 e. The molecule has 35 heavy (non-hydrogen) atoms. The number of aryl methyl sites for hydroxylation is 2. The third-order valence-corrected chi connectivity index (χ3v) is 5.42. The van der Waals surface area contributed by atoms with Gasteiger partial charge in [0.15, 0.2) is 17.2 Å². The molecule has 4 nitrogen and oxygen atoms in total. The fourth-order valence-electron chi connectivity index (χ4n) is 3.60. The number of hydrogen-bond donors (Lipinski definition) is 0. The highest BCUT2D eigenvalue weighted by Crippen LogP contribution is 2.37. The van der Waals surface area contributed by atoms with E-state index >= 15 is 0 Å². The van der Waals surface area contributed by atoms with Crippen molar-refractivity contribution in [1.82, 2.24) is 0 Å². The number of allylic oxidation sites excluding steroid dienone is 1. The highest BCUT2D eigenvalue weighted by molar-refractivity contribution is 6.07. The number of benzene rings is 2. The summed E-state index contributed by atoms with van der Waals surface area (Å²) in [5.74, 6) is -0.326. The van der Waals surface area contributed by atoms with Gasteiger partial charge in [-0.05, 0) is 86.2 Å². The Labute approximate surface area is 205 Å². The minimum absolute atomic E-state index is 0.00362. The van der Waals surface area contributed by atoms with Gasteiger partial charge in [-0.25, -0.2) is 0 Å². The molecule has 0 aromatic heterocycles. The van der Waals surface area contributed by atoms with E-state index in [9.17, 15) is 22.8 Å². The van der Waals surface area contributed by atoms with E-state index < -0.39 is 23.1 Å². The molecule has 0 saturated carbocycles. The molecule has 0 radical (unpaired) electrons. The molecule has 0 aliphatic carbocycles. The summed E-state index contributed by atoms with van der Waals surface area (Å²) in [5, 5.41) is 0. The first-order valence-corrected chi connectivity index (χ1v) is 11.3. The van der Waals surface area contributed by atoms with Gasteiger partial charge in [-0.1, -0.05) is 26.8 Å². The fraction of sp³-hybridized carbons (Fsp3) is 0.429. The van der Waals surface area contributed by atoms with Crippen LogP contribution < -0.4 is 9.47 Å². The molecule has 0 spiro atoms. The molecule has 0 amide bonds. The van der Waals surface area contributed by atoms with Crippen LogP contribution in [-0.4, -0.2) is 24.3 Å². The summed E-state index contributed by atoms with van der Waals surface area (Å²) in [6.07, 6.45) is -1.49. The zero-order valence-electron chi connectivity index (χ0n) is 21.5. The molecule has 0 atom stereocenters. The van der Waals surface area contributed by atoms with E-state index in [4.69, 9.17) is 9.47 Å². The van der Waals surface area contributed by atoms with E-state index in [1.807, 2.05) is 34.6 Å². The topological polar surface area (TPSA) is 52.6 Å². The van der Waals surface area contributed by atoms with E-state index in [2.05, 4.69) is 0 Å². The van der Waals surface area contributed by atoms with Crippen molar-refractivity contribution in [3.63, 3.8) is 0 Å². The van der Waals surface area contributed by atoms with Crippen LogP contribution >= 0.6 is 0 Å². The highest BCUT2D eigenvalue weighted by atomic mass is 19.4. The number of carbonyl (C=O) groups is 2. The van der Waals surface area contributed by atoms with Gasteiger partial charge in [0.2, 0.25) is 0 Å². The molecule has 0 heterocycles. The first-order valence-electron chi connectivity index (χ1n) is 11.3. The molecule has 2 aromatic carbocycles. The SMILES string of the molecule is COc1ccc(C(=O)/C=C/c2cc(C)c(OC(C)(C)C(=O)CC(C)(C)C)c(C)c2)cc1C(F)(F)F. The van der Waals surface area contributed by atoms with Gasteiger partial charge in [0.05, 0.1) is 12.7 Å². The van der Waals surface area contributed by atoms with Crippen LogP contribution in [-0.2, 0) is 11.0 Å². The van der Waals surface area contributed by atoms with Crippen LogP contribution in [0.15, 0.2) is 36.4 Å². The lowest BCUT2D eigenvalue weighted by Gasteiger charge is -2.30. The number of ether oxygens (including phenoxy) is 2. The van der Waals surface area contributed by atoms with Crippen molar-refractivity contribution in [2.75, 3.05) is 7.11 Å². The summed E-state index contributed by atoms with van der Waals surface area (Å²) < 4.78 is 50.7. The Bertz CT molecular complexity index is 1110. The fourth-order valence-corrected chi connectivity index (χ4v) is 3.60. The molecule has 0 aliphatic rings. The zero-order valence-corrected chi connectivity index (χ0v) is 21.5. The van der Waals surface area contributed by atoms with Gasteiger partial charge >= 0.3 is 6.18 Å². The van der Waals surface area contributed by atoms with Crippen LogP contribution in [0.5, 0.6) is 11.5 Å². The maximum atomic E-state index is 13.3. The average Bonchev–Trinajstić information content (AvgIpc) is 2.72. The van der Waals surface area contributed by atoms with Crippen molar-refractivity contribution in [2.24, 2.45) is 5.41 Å². The molecule has 0 N–H and O–H groups in total. The minimum atomic E-state index is -4.64. The minimum Gasteiger partial charge on any atom is -0.496 e. The van der Waals surface area contributed by atoms with Gasteiger partial charge in [0.1, 0.15) is 11.5 Å². The van der Waals surface area contributed by atoms with Gasteiger partial charge in [0.25, 0.3) is 0 Å². The van der Waals surface area contributed by atoms with Crippen molar-refractivity contribution >= 4 is 17.6 Å². The lowest BCUT2D eigenvalue weighted by Crippen LogP contribution is -2.40. The lowest BCUT2D eigenvalue weighted by molar-refractivity contribution is -0.138. The first-order chi connectivity index (χ1) is 15.9. The second-order valence-electron chi connectivity index (χ2n) is 10.4. The Morgan fingerprint density at radius 3 is 2.00 bits per heavy atom. The summed E-state index contributed by atoms with van der Waals surface area (Å²) in [6, 6.07) is 6.81. The molecule has 0 fully saturated rings. The van der Waals surface area contributed by atoms with E-state index in [-0.39, 0.29) is 22.5 Å². The Balaban J connectivity index is 2.26. The quantitative estimate of drug-likeness (QED) is 0.286. The summed E-state index contributed by atoms with van der Waals surface area (Å²) in [6.45, 7) is 13.2. The number of carbonyl (C=O) groups excluding carboxylic acids is 2. The molecular weight excluding hydrogens is 457 g/mol. The van der Waals surface area contributed by atoms with Crippen LogP contribution in [0.4, 0.5) is 13.2 Å². The van der Waals surface area contributed by atoms with E-state index in [1.165, 1.54) is 12.1 Å². The van der Waals surface area contributed by atoms with Crippen LogP contribution in [0, 0.1) is 19.3 Å². The summed E-state index contributed by atoms with van der Waals surface area (Å²) >= 11 is 0. The number of alkyl halides is 3. The number of Topliss-reactive ketones (excluding diaryl/α,β-unsaturated/α-hetero) is 1. The molecule has 0 aliphatic heterocycles.